The molecule has 1 atom stereocenters. The molecule has 4 nitrogen and oxygen atoms in total. The van der Waals surface area contributed by atoms with Gasteiger partial charge in [0.25, 0.3) is 0 Å². The van der Waals surface area contributed by atoms with Crippen LogP contribution in [0.4, 0.5) is 13.2 Å². The van der Waals surface area contributed by atoms with Crippen LogP contribution >= 0.6 is 0 Å². The molecule has 1 saturated heterocycles. The van der Waals surface area contributed by atoms with Crippen molar-refractivity contribution >= 4 is 11.9 Å². The molecule has 0 aliphatic carbocycles. The topological polar surface area (TPSA) is 57.6 Å². The number of rotatable bonds is 1. The molecule has 1 fully saturated rings. The van der Waals surface area contributed by atoms with Crippen molar-refractivity contribution in [3.63, 3.8) is 0 Å². The Morgan fingerprint density at radius 3 is 2.25 bits per heavy atom. The molecule has 0 saturated carbocycles. The number of hydrogen-bond acceptors (Lipinski definition) is 2. The van der Waals surface area contributed by atoms with Crippen molar-refractivity contribution in [2.24, 2.45) is 5.41 Å². The Balaban J connectivity index is 2.95. The van der Waals surface area contributed by atoms with Gasteiger partial charge in [0, 0.05) is 6.54 Å². The summed E-state index contributed by atoms with van der Waals surface area (Å²) in [5, 5.41) is 8.77. The van der Waals surface area contributed by atoms with Gasteiger partial charge in [0.05, 0.1) is 0 Å². The van der Waals surface area contributed by atoms with Crippen molar-refractivity contribution in [3.8, 4) is 0 Å². The summed E-state index contributed by atoms with van der Waals surface area (Å²) in [6, 6.07) is -1.39. The van der Waals surface area contributed by atoms with Gasteiger partial charge in [-0.1, -0.05) is 13.8 Å². The summed E-state index contributed by atoms with van der Waals surface area (Å²) < 4.78 is 36.6. The highest BCUT2D eigenvalue weighted by Gasteiger charge is 2.51. The van der Waals surface area contributed by atoms with Crippen LogP contribution in [0, 0.1) is 5.41 Å². The van der Waals surface area contributed by atoms with E-state index in [2.05, 4.69) is 0 Å². The van der Waals surface area contributed by atoms with Crippen molar-refractivity contribution in [2.75, 3.05) is 6.54 Å². The van der Waals surface area contributed by atoms with Crippen LogP contribution in [-0.2, 0) is 9.59 Å². The van der Waals surface area contributed by atoms with Crippen molar-refractivity contribution in [1.29, 1.82) is 0 Å². The van der Waals surface area contributed by atoms with E-state index in [4.69, 9.17) is 5.11 Å². The minimum absolute atomic E-state index is 0.0319. The second-order valence-corrected chi connectivity index (χ2v) is 4.65. The third-order valence-corrected chi connectivity index (χ3v) is 2.51. The fourth-order valence-electron chi connectivity index (χ4n) is 1.87. The van der Waals surface area contributed by atoms with E-state index in [9.17, 15) is 22.8 Å². The highest BCUT2D eigenvalue weighted by molar-refractivity contribution is 5.87. The predicted molar refractivity (Wildman–Crippen MR) is 47.6 cm³/mol. The second kappa shape index (κ2) is 3.64. The van der Waals surface area contributed by atoms with Gasteiger partial charge in [-0.05, 0) is 11.8 Å². The van der Waals surface area contributed by atoms with Gasteiger partial charge in [-0.15, -0.1) is 0 Å². The van der Waals surface area contributed by atoms with Gasteiger partial charge < -0.3 is 10.0 Å². The van der Waals surface area contributed by atoms with E-state index in [1.54, 1.807) is 13.8 Å². The Labute approximate surface area is 90.0 Å². The van der Waals surface area contributed by atoms with Crippen LogP contribution in [0.2, 0.25) is 0 Å². The maximum Gasteiger partial charge on any atom is 0.471 e. The summed E-state index contributed by atoms with van der Waals surface area (Å²) in [5.74, 6) is -3.48. The quantitative estimate of drug-likeness (QED) is 0.749. The van der Waals surface area contributed by atoms with Crippen LogP contribution < -0.4 is 0 Å². The normalized spacial score (nSPS) is 24.6. The Bertz CT molecular complexity index is 324. The van der Waals surface area contributed by atoms with E-state index in [1.165, 1.54) is 0 Å². The fraction of sp³-hybridized carbons (Fsp3) is 0.778. The highest BCUT2D eigenvalue weighted by Crippen LogP contribution is 2.36. The lowest BCUT2D eigenvalue weighted by Crippen LogP contribution is -2.47. The molecule has 1 N–H and O–H groups in total. The number of carbonyl (C=O) groups excluding carboxylic acids is 1. The van der Waals surface area contributed by atoms with Crippen LogP contribution in [0.25, 0.3) is 0 Å². The van der Waals surface area contributed by atoms with E-state index in [-0.39, 0.29) is 13.0 Å². The van der Waals surface area contributed by atoms with Crippen molar-refractivity contribution in [2.45, 2.75) is 32.5 Å². The molecule has 7 heteroatoms. The van der Waals surface area contributed by atoms with Gasteiger partial charge in [0.2, 0.25) is 0 Å². The third-order valence-electron chi connectivity index (χ3n) is 2.51. The minimum Gasteiger partial charge on any atom is -0.480 e. The third kappa shape index (κ3) is 2.45. The van der Waals surface area contributed by atoms with Gasteiger partial charge in [0.15, 0.2) is 0 Å². The number of likely N-dealkylation sites (tertiary alicyclic amines) is 1. The number of aliphatic carboxylic acids is 1. The summed E-state index contributed by atoms with van der Waals surface area (Å²) >= 11 is 0. The lowest BCUT2D eigenvalue weighted by atomic mass is 9.91. The number of hydrogen-bond donors (Lipinski definition) is 1. The monoisotopic (exact) mass is 239 g/mol. The Kier molecular flexibility index (Phi) is 2.91. The first-order valence-electron chi connectivity index (χ1n) is 4.65. The summed E-state index contributed by atoms with van der Waals surface area (Å²) in [6.45, 7) is 3.07. The molecule has 0 spiro atoms. The molecule has 1 aliphatic rings. The first-order chi connectivity index (χ1) is 7.04. The van der Waals surface area contributed by atoms with Gasteiger partial charge in [-0.25, -0.2) is 4.79 Å². The van der Waals surface area contributed by atoms with Gasteiger partial charge in [-0.3, -0.25) is 4.79 Å². The van der Waals surface area contributed by atoms with Crippen LogP contribution in [0.5, 0.6) is 0 Å². The molecule has 1 unspecified atom stereocenters. The van der Waals surface area contributed by atoms with Crippen molar-refractivity contribution < 1.29 is 27.9 Å². The molecule has 0 aromatic heterocycles. The second-order valence-electron chi connectivity index (χ2n) is 4.65. The zero-order chi connectivity index (χ0) is 12.7. The number of carbonyl (C=O) groups is 2. The maximum atomic E-state index is 12.2. The summed E-state index contributed by atoms with van der Waals surface area (Å²) in [7, 11) is 0. The number of halogens is 3. The molecule has 1 amide bonds. The molecule has 16 heavy (non-hydrogen) atoms. The molecule has 1 rings (SSSR count). The smallest absolute Gasteiger partial charge is 0.471 e. The summed E-state index contributed by atoms with van der Waals surface area (Å²) in [5.41, 5.74) is -0.607. The summed E-state index contributed by atoms with van der Waals surface area (Å²) in [6.07, 6.45) is -4.99. The van der Waals surface area contributed by atoms with Crippen molar-refractivity contribution in [1.82, 2.24) is 4.90 Å². The average Bonchev–Trinajstić information content (AvgIpc) is 2.38. The summed E-state index contributed by atoms with van der Waals surface area (Å²) in [4.78, 5) is 22.2. The number of carboxylic acids is 1. The Hall–Kier alpha value is -1.27. The minimum atomic E-state index is -5.02. The molecule has 92 valence electrons. The van der Waals surface area contributed by atoms with Gasteiger partial charge >= 0.3 is 18.1 Å². The first-order valence-corrected chi connectivity index (χ1v) is 4.65. The van der Waals surface area contributed by atoms with E-state index < -0.39 is 29.5 Å². The van der Waals surface area contributed by atoms with Crippen LogP contribution in [0.3, 0.4) is 0 Å². The van der Waals surface area contributed by atoms with Gasteiger partial charge in [0.1, 0.15) is 6.04 Å². The molecule has 0 aromatic carbocycles. The van der Waals surface area contributed by atoms with E-state index >= 15 is 0 Å². The average molecular weight is 239 g/mol. The highest BCUT2D eigenvalue weighted by atomic mass is 19.4. The van der Waals surface area contributed by atoms with Crippen LogP contribution in [-0.4, -0.2) is 40.6 Å². The maximum absolute atomic E-state index is 12.2. The van der Waals surface area contributed by atoms with Gasteiger partial charge in [-0.2, -0.15) is 13.2 Å². The zero-order valence-electron chi connectivity index (χ0n) is 8.84. The molecular formula is C9H12F3NO3. The number of carboxylic acid groups (broad SMARTS) is 1. The number of nitrogens with zero attached hydrogens (tertiary/aromatic N) is 1. The molecule has 0 bridgehead atoms. The zero-order valence-corrected chi connectivity index (χ0v) is 8.84. The first kappa shape index (κ1) is 12.8. The standard InChI is InChI=1S/C9H12F3NO3/c1-8(2)3-5(6(14)15)13(4-8)7(16)9(10,11)12/h5H,3-4H2,1-2H3,(H,14,15). The largest absolute Gasteiger partial charge is 0.480 e. The van der Waals surface area contributed by atoms with E-state index in [1.807, 2.05) is 0 Å². The fourth-order valence-corrected chi connectivity index (χ4v) is 1.87. The van der Waals surface area contributed by atoms with Crippen LogP contribution in [0.15, 0.2) is 0 Å². The van der Waals surface area contributed by atoms with Crippen molar-refractivity contribution in [3.05, 3.63) is 0 Å². The Morgan fingerprint density at radius 2 is 1.88 bits per heavy atom. The Morgan fingerprint density at radius 1 is 1.38 bits per heavy atom. The SMILES string of the molecule is CC1(C)CC(C(=O)O)N(C(=O)C(F)(F)F)C1. The number of alkyl halides is 3. The molecule has 1 aliphatic heterocycles. The van der Waals surface area contributed by atoms with Crippen LogP contribution in [0.1, 0.15) is 20.3 Å². The van der Waals surface area contributed by atoms with E-state index in [0.29, 0.717) is 4.90 Å². The molecular weight excluding hydrogens is 227 g/mol. The van der Waals surface area contributed by atoms with E-state index in [0.717, 1.165) is 0 Å². The lowest BCUT2D eigenvalue weighted by Gasteiger charge is -2.23. The number of amides is 1. The predicted octanol–water partition coefficient (Wildman–Crippen LogP) is 1.26. The molecule has 1 heterocycles. The molecule has 0 aromatic rings. The lowest BCUT2D eigenvalue weighted by molar-refractivity contribution is -0.188. The molecule has 0 radical (unpaired) electrons.